The topological polar surface area (TPSA) is 78.9 Å². The molecule has 3 rings (SSSR count). The summed E-state index contributed by atoms with van der Waals surface area (Å²) in [4.78, 5) is 38.6. The monoisotopic (exact) mass is 462 g/mol. The minimum Gasteiger partial charge on any atom is -0.462 e. The van der Waals surface area contributed by atoms with Gasteiger partial charge in [0.2, 0.25) is 0 Å². The van der Waals surface area contributed by atoms with Gasteiger partial charge in [0.05, 0.1) is 11.5 Å². The fraction of sp³-hybridized carbons (Fsp3) is 0.815. The van der Waals surface area contributed by atoms with Crippen LogP contribution in [-0.4, -0.2) is 41.1 Å². The Balaban J connectivity index is 2.11. The van der Waals surface area contributed by atoms with Gasteiger partial charge in [-0.25, -0.2) is 0 Å². The lowest BCUT2D eigenvalue weighted by Gasteiger charge is -2.66. The van der Waals surface area contributed by atoms with Crippen LogP contribution in [0.2, 0.25) is 0 Å². The highest BCUT2D eigenvalue weighted by atomic mass is 16.6. The first kappa shape index (κ1) is 25.9. The van der Waals surface area contributed by atoms with Gasteiger partial charge >= 0.3 is 11.9 Å². The van der Waals surface area contributed by atoms with Gasteiger partial charge in [-0.05, 0) is 39.0 Å². The molecule has 2 aliphatic carbocycles. The Morgan fingerprint density at radius 1 is 1.15 bits per heavy atom. The zero-order valence-corrected chi connectivity index (χ0v) is 21.7. The molecule has 3 fully saturated rings. The summed E-state index contributed by atoms with van der Waals surface area (Å²) in [6.45, 7) is 19.4. The second-order valence-corrected chi connectivity index (χ2v) is 11.8. The summed E-state index contributed by atoms with van der Waals surface area (Å²) >= 11 is 0. The quantitative estimate of drug-likeness (QED) is 0.421. The van der Waals surface area contributed by atoms with Gasteiger partial charge in [0, 0.05) is 36.5 Å². The van der Waals surface area contributed by atoms with Gasteiger partial charge in [0.1, 0.15) is 17.8 Å². The molecule has 6 nitrogen and oxygen atoms in total. The van der Waals surface area contributed by atoms with Crippen LogP contribution in [0.4, 0.5) is 0 Å². The highest BCUT2D eigenvalue weighted by molar-refractivity contribution is 5.89. The largest absolute Gasteiger partial charge is 0.462 e. The summed E-state index contributed by atoms with van der Waals surface area (Å²) in [5.41, 5.74) is -2.53. The van der Waals surface area contributed by atoms with Crippen LogP contribution in [-0.2, 0) is 28.6 Å². The molecular formula is C27H42O6. The van der Waals surface area contributed by atoms with Crippen LogP contribution in [0, 0.1) is 28.6 Å². The van der Waals surface area contributed by atoms with Crippen molar-refractivity contribution in [2.24, 2.45) is 28.6 Å². The van der Waals surface area contributed by atoms with E-state index in [9.17, 15) is 14.4 Å². The number of ether oxygens (including phenoxy) is 3. The summed E-state index contributed by atoms with van der Waals surface area (Å²) in [6, 6.07) is 0. The van der Waals surface area contributed by atoms with Gasteiger partial charge in [0.15, 0.2) is 5.78 Å². The van der Waals surface area contributed by atoms with Gasteiger partial charge in [-0.15, -0.1) is 6.58 Å². The van der Waals surface area contributed by atoms with Gasteiger partial charge in [-0.2, -0.15) is 0 Å². The van der Waals surface area contributed by atoms with Crippen molar-refractivity contribution in [2.75, 3.05) is 0 Å². The van der Waals surface area contributed by atoms with E-state index in [-0.39, 0.29) is 35.5 Å². The molecule has 1 heterocycles. The Morgan fingerprint density at radius 3 is 2.33 bits per heavy atom. The SMILES string of the molecule is C=CC1(C)CCC2C(C)(O1)C(=O)CC1C(C)(C)C(OC(C)=O)CC(OC(=O)C(C)CC)C21C. The van der Waals surface area contributed by atoms with Crippen molar-refractivity contribution < 1.29 is 28.6 Å². The Morgan fingerprint density at radius 2 is 1.79 bits per heavy atom. The third-order valence-corrected chi connectivity index (χ3v) is 9.35. The summed E-state index contributed by atoms with van der Waals surface area (Å²) in [6.07, 6.45) is 3.78. The summed E-state index contributed by atoms with van der Waals surface area (Å²) in [7, 11) is 0. The van der Waals surface area contributed by atoms with Crippen LogP contribution in [0.15, 0.2) is 12.7 Å². The Bertz CT molecular complexity index is 832. The Kier molecular flexibility index (Phi) is 6.69. The number of rotatable bonds is 5. The van der Waals surface area contributed by atoms with Crippen molar-refractivity contribution in [2.45, 2.75) is 111 Å². The van der Waals surface area contributed by atoms with E-state index in [4.69, 9.17) is 14.2 Å². The number of ketones is 1. The number of esters is 2. The van der Waals surface area contributed by atoms with E-state index in [2.05, 4.69) is 27.4 Å². The van der Waals surface area contributed by atoms with Crippen molar-refractivity contribution >= 4 is 17.7 Å². The average molecular weight is 463 g/mol. The van der Waals surface area contributed by atoms with Crippen molar-refractivity contribution in [3.05, 3.63) is 12.7 Å². The second-order valence-electron chi connectivity index (χ2n) is 11.8. The molecule has 0 amide bonds. The van der Waals surface area contributed by atoms with Crippen molar-refractivity contribution in [3.63, 3.8) is 0 Å². The molecule has 8 atom stereocenters. The lowest BCUT2D eigenvalue weighted by molar-refractivity contribution is -0.275. The standard InChI is InChI=1S/C27H42O6/c1-10-16(3)23(30)32-22-15-21(31-17(4)28)24(5,6)19-14-20(29)27(9)18(26(19,22)8)12-13-25(7,11-2)33-27/h11,16,18-19,21-22H,2,10,12-15H2,1,3-9H3. The molecule has 1 aliphatic heterocycles. The highest BCUT2D eigenvalue weighted by Gasteiger charge is 2.70. The predicted octanol–water partition coefficient (Wildman–Crippen LogP) is 5.03. The molecule has 0 aromatic rings. The van der Waals surface area contributed by atoms with Crippen molar-refractivity contribution in [3.8, 4) is 0 Å². The molecule has 8 unspecified atom stereocenters. The predicted molar refractivity (Wildman–Crippen MR) is 125 cm³/mol. The first-order valence-electron chi connectivity index (χ1n) is 12.4. The first-order valence-corrected chi connectivity index (χ1v) is 12.4. The van der Waals surface area contributed by atoms with E-state index in [1.165, 1.54) is 6.92 Å². The van der Waals surface area contributed by atoms with Gasteiger partial charge < -0.3 is 14.2 Å². The number of Topliss-reactive ketones (excluding diaryl/α,β-unsaturated/α-hetero) is 1. The number of hydrogen-bond acceptors (Lipinski definition) is 6. The van der Waals surface area contributed by atoms with Crippen LogP contribution < -0.4 is 0 Å². The van der Waals surface area contributed by atoms with Gasteiger partial charge in [-0.3, -0.25) is 14.4 Å². The lowest BCUT2D eigenvalue weighted by atomic mass is 9.42. The smallest absolute Gasteiger partial charge is 0.308 e. The first-order chi connectivity index (χ1) is 15.2. The fourth-order valence-corrected chi connectivity index (χ4v) is 6.95. The van der Waals surface area contributed by atoms with Crippen LogP contribution >= 0.6 is 0 Å². The molecule has 1 saturated heterocycles. The molecule has 3 aliphatic rings. The summed E-state index contributed by atoms with van der Waals surface area (Å²) in [5.74, 6) is -1.02. The Hall–Kier alpha value is -1.69. The fourth-order valence-electron chi connectivity index (χ4n) is 6.95. The molecule has 2 saturated carbocycles. The normalized spacial score (nSPS) is 43.0. The second kappa shape index (κ2) is 8.51. The van der Waals surface area contributed by atoms with Crippen molar-refractivity contribution in [1.82, 2.24) is 0 Å². The summed E-state index contributed by atoms with van der Waals surface area (Å²) in [5, 5.41) is 0. The van der Waals surface area contributed by atoms with Crippen LogP contribution in [0.1, 0.15) is 87.5 Å². The molecule has 0 bridgehead atoms. The molecule has 0 radical (unpaired) electrons. The van der Waals surface area contributed by atoms with Crippen molar-refractivity contribution in [1.29, 1.82) is 0 Å². The maximum absolute atomic E-state index is 13.7. The molecule has 0 aromatic heterocycles. The average Bonchev–Trinajstić information content (AvgIpc) is 2.72. The molecule has 33 heavy (non-hydrogen) atoms. The molecule has 0 spiro atoms. The lowest BCUT2D eigenvalue weighted by Crippen LogP contribution is -2.72. The third-order valence-electron chi connectivity index (χ3n) is 9.35. The van der Waals surface area contributed by atoms with E-state index in [1.54, 1.807) is 6.08 Å². The van der Waals surface area contributed by atoms with E-state index in [0.29, 0.717) is 19.3 Å². The van der Waals surface area contributed by atoms with Gasteiger partial charge in [-0.1, -0.05) is 40.7 Å². The summed E-state index contributed by atoms with van der Waals surface area (Å²) < 4.78 is 18.5. The molecule has 186 valence electrons. The Labute approximate surface area is 198 Å². The molecule has 6 heteroatoms. The van der Waals surface area contributed by atoms with Gasteiger partial charge in [0.25, 0.3) is 0 Å². The van der Waals surface area contributed by atoms with E-state index in [0.717, 1.165) is 12.8 Å². The third kappa shape index (κ3) is 4.06. The number of hydrogen-bond donors (Lipinski definition) is 0. The molecule has 0 N–H and O–H groups in total. The maximum atomic E-state index is 13.7. The van der Waals surface area contributed by atoms with E-state index in [1.807, 2.05) is 27.7 Å². The zero-order valence-electron chi connectivity index (χ0n) is 21.7. The maximum Gasteiger partial charge on any atom is 0.308 e. The number of carbonyl (C=O) groups excluding carboxylic acids is 3. The highest BCUT2D eigenvalue weighted by Crippen LogP contribution is 2.65. The zero-order chi connectivity index (χ0) is 25.0. The minimum atomic E-state index is -0.988. The number of fused-ring (bicyclic) bond motifs is 3. The molecular weight excluding hydrogens is 420 g/mol. The van der Waals surface area contributed by atoms with Crippen LogP contribution in [0.5, 0.6) is 0 Å². The van der Waals surface area contributed by atoms with Crippen LogP contribution in [0.3, 0.4) is 0 Å². The van der Waals surface area contributed by atoms with E-state index < -0.39 is 34.2 Å². The molecule has 0 aromatic carbocycles. The van der Waals surface area contributed by atoms with E-state index >= 15 is 0 Å². The number of carbonyl (C=O) groups is 3. The minimum absolute atomic E-state index is 0.0614. The van der Waals surface area contributed by atoms with Crippen LogP contribution in [0.25, 0.3) is 0 Å².